The fraction of sp³-hybridized carbons (Fsp3) is 0.438. The molecule has 0 aliphatic rings. The third kappa shape index (κ3) is 3.92. The molecular weight excluding hydrogens is 288 g/mol. The van der Waals surface area contributed by atoms with Crippen molar-refractivity contribution in [2.45, 2.75) is 18.9 Å². The van der Waals surface area contributed by atoms with E-state index in [1.165, 1.54) is 34.5 Å². The highest BCUT2D eigenvalue weighted by molar-refractivity contribution is 5.82. The molecule has 0 aliphatic carbocycles. The number of hydrogen-bond acceptors (Lipinski definition) is 6. The molecule has 0 spiro atoms. The van der Waals surface area contributed by atoms with Crippen molar-refractivity contribution in [1.29, 1.82) is 0 Å². The molecule has 122 valence electrons. The highest BCUT2D eigenvalue weighted by Gasteiger charge is 2.24. The van der Waals surface area contributed by atoms with Crippen molar-refractivity contribution >= 4 is 5.97 Å². The van der Waals surface area contributed by atoms with Crippen molar-refractivity contribution in [3.8, 4) is 17.2 Å². The SMILES string of the molecule is COC(=O)/C=C/[C@@H](c1ccc(OC)c(OC)c1OC)[C@H](C)O. The summed E-state index contributed by atoms with van der Waals surface area (Å²) in [5, 5.41) is 10.0. The minimum Gasteiger partial charge on any atom is -0.493 e. The third-order valence-electron chi connectivity index (χ3n) is 3.25. The van der Waals surface area contributed by atoms with Gasteiger partial charge in [0, 0.05) is 17.6 Å². The molecular formula is C16H22O6. The summed E-state index contributed by atoms with van der Waals surface area (Å²) in [6.07, 6.45) is 2.10. The summed E-state index contributed by atoms with van der Waals surface area (Å²) < 4.78 is 20.5. The van der Waals surface area contributed by atoms with Crippen molar-refractivity contribution in [3.05, 3.63) is 29.8 Å². The summed E-state index contributed by atoms with van der Waals surface area (Å²) in [6, 6.07) is 3.48. The molecule has 0 saturated carbocycles. The number of aliphatic hydroxyl groups is 1. The fourth-order valence-corrected chi connectivity index (χ4v) is 2.16. The second-order valence-corrected chi connectivity index (χ2v) is 4.57. The Balaban J connectivity index is 3.36. The van der Waals surface area contributed by atoms with Gasteiger partial charge in [0.1, 0.15) is 0 Å². The molecule has 0 amide bonds. The zero-order valence-electron chi connectivity index (χ0n) is 13.5. The maximum Gasteiger partial charge on any atom is 0.330 e. The van der Waals surface area contributed by atoms with E-state index in [4.69, 9.17) is 14.2 Å². The van der Waals surface area contributed by atoms with Gasteiger partial charge in [0.25, 0.3) is 0 Å². The smallest absolute Gasteiger partial charge is 0.330 e. The largest absolute Gasteiger partial charge is 0.493 e. The molecule has 6 nitrogen and oxygen atoms in total. The number of carbonyl (C=O) groups excluding carboxylic acids is 1. The second-order valence-electron chi connectivity index (χ2n) is 4.57. The molecule has 0 bridgehead atoms. The Kier molecular flexibility index (Phi) is 6.72. The average molecular weight is 310 g/mol. The third-order valence-corrected chi connectivity index (χ3v) is 3.25. The van der Waals surface area contributed by atoms with Crippen LogP contribution in [0, 0.1) is 0 Å². The van der Waals surface area contributed by atoms with Gasteiger partial charge in [0.05, 0.1) is 34.5 Å². The van der Waals surface area contributed by atoms with Gasteiger partial charge in [-0.2, -0.15) is 0 Å². The van der Waals surface area contributed by atoms with E-state index in [2.05, 4.69) is 4.74 Å². The van der Waals surface area contributed by atoms with E-state index in [9.17, 15) is 9.90 Å². The van der Waals surface area contributed by atoms with Crippen molar-refractivity contribution in [3.63, 3.8) is 0 Å². The van der Waals surface area contributed by atoms with Gasteiger partial charge in [-0.15, -0.1) is 0 Å². The van der Waals surface area contributed by atoms with Gasteiger partial charge >= 0.3 is 5.97 Å². The average Bonchev–Trinajstić information content (AvgIpc) is 2.53. The Bertz CT molecular complexity index is 536. The van der Waals surface area contributed by atoms with Crippen LogP contribution < -0.4 is 14.2 Å². The number of esters is 1. The van der Waals surface area contributed by atoms with Crippen LogP contribution in [-0.4, -0.2) is 45.6 Å². The number of methoxy groups -OCH3 is 4. The first kappa shape index (κ1) is 17.8. The summed E-state index contributed by atoms with van der Waals surface area (Å²) in [5.74, 6) is 0.435. The second kappa shape index (κ2) is 8.29. The lowest BCUT2D eigenvalue weighted by Gasteiger charge is -2.22. The van der Waals surface area contributed by atoms with Crippen LogP contribution in [0.4, 0.5) is 0 Å². The minimum atomic E-state index is -0.743. The summed E-state index contributed by atoms with van der Waals surface area (Å²) in [4.78, 5) is 11.3. The Morgan fingerprint density at radius 3 is 2.18 bits per heavy atom. The van der Waals surface area contributed by atoms with E-state index in [-0.39, 0.29) is 0 Å². The van der Waals surface area contributed by atoms with Crippen LogP contribution in [0.3, 0.4) is 0 Å². The van der Waals surface area contributed by atoms with Crippen LogP contribution in [0.25, 0.3) is 0 Å². The molecule has 0 aliphatic heterocycles. The number of aliphatic hydroxyl groups excluding tert-OH is 1. The van der Waals surface area contributed by atoms with Gasteiger partial charge in [-0.05, 0) is 13.0 Å². The van der Waals surface area contributed by atoms with Gasteiger partial charge in [-0.25, -0.2) is 4.79 Å². The van der Waals surface area contributed by atoms with Crippen LogP contribution in [0.15, 0.2) is 24.3 Å². The summed E-state index contributed by atoms with van der Waals surface area (Å²) in [7, 11) is 5.83. The first-order valence-electron chi connectivity index (χ1n) is 6.73. The lowest BCUT2D eigenvalue weighted by atomic mass is 9.92. The number of benzene rings is 1. The number of ether oxygens (including phenoxy) is 4. The molecule has 1 rings (SSSR count). The predicted molar refractivity (Wildman–Crippen MR) is 81.7 cm³/mol. The lowest BCUT2D eigenvalue weighted by molar-refractivity contribution is -0.134. The van der Waals surface area contributed by atoms with Crippen molar-refractivity contribution in [1.82, 2.24) is 0 Å². The van der Waals surface area contributed by atoms with E-state index < -0.39 is 18.0 Å². The van der Waals surface area contributed by atoms with Gasteiger partial charge in [0.15, 0.2) is 11.5 Å². The highest BCUT2D eigenvalue weighted by atomic mass is 16.5. The van der Waals surface area contributed by atoms with Crippen LogP contribution in [0.5, 0.6) is 17.2 Å². The summed E-state index contributed by atoms with van der Waals surface area (Å²) in [5.41, 5.74) is 0.676. The van der Waals surface area contributed by atoms with Crippen LogP contribution in [0.1, 0.15) is 18.4 Å². The molecule has 1 aromatic carbocycles. The zero-order chi connectivity index (χ0) is 16.7. The monoisotopic (exact) mass is 310 g/mol. The maximum absolute atomic E-state index is 11.3. The number of carbonyl (C=O) groups is 1. The fourth-order valence-electron chi connectivity index (χ4n) is 2.16. The van der Waals surface area contributed by atoms with E-state index >= 15 is 0 Å². The van der Waals surface area contributed by atoms with Crippen LogP contribution >= 0.6 is 0 Å². The first-order valence-corrected chi connectivity index (χ1v) is 6.73. The van der Waals surface area contributed by atoms with E-state index in [0.29, 0.717) is 22.8 Å². The first-order chi connectivity index (χ1) is 10.5. The molecule has 1 N–H and O–H groups in total. The van der Waals surface area contributed by atoms with Crippen molar-refractivity contribution in [2.75, 3.05) is 28.4 Å². The van der Waals surface area contributed by atoms with E-state index in [0.717, 1.165) is 0 Å². The molecule has 0 unspecified atom stereocenters. The predicted octanol–water partition coefficient (Wildman–Crippen LogP) is 1.91. The van der Waals surface area contributed by atoms with Crippen LogP contribution in [0.2, 0.25) is 0 Å². The molecule has 0 heterocycles. The number of rotatable bonds is 7. The normalized spacial score (nSPS) is 13.5. The zero-order valence-corrected chi connectivity index (χ0v) is 13.5. The van der Waals surface area contributed by atoms with Gasteiger partial charge in [0.2, 0.25) is 5.75 Å². The quantitative estimate of drug-likeness (QED) is 0.612. The molecule has 0 saturated heterocycles. The molecule has 1 aromatic rings. The Morgan fingerprint density at radius 2 is 1.73 bits per heavy atom. The molecule has 2 atom stereocenters. The van der Waals surface area contributed by atoms with Gasteiger partial charge in [-0.1, -0.05) is 12.1 Å². The molecule has 6 heteroatoms. The molecule has 0 aromatic heterocycles. The van der Waals surface area contributed by atoms with Gasteiger partial charge in [-0.3, -0.25) is 0 Å². The topological polar surface area (TPSA) is 74.2 Å². The highest BCUT2D eigenvalue weighted by Crippen LogP contribution is 2.43. The summed E-state index contributed by atoms with van der Waals surface area (Å²) >= 11 is 0. The molecule has 22 heavy (non-hydrogen) atoms. The molecule has 0 radical (unpaired) electrons. The van der Waals surface area contributed by atoms with Crippen molar-refractivity contribution in [2.24, 2.45) is 0 Å². The minimum absolute atomic E-state index is 0.430. The Labute approximate surface area is 130 Å². The lowest BCUT2D eigenvalue weighted by Crippen LogP contribution is -2.14. The summed E-state index contributed by atoms with van der Waals surface area (Å²) in [6.45, 7) is 1.63. The van der Waals surface area contributed by atoms with Crippen molar-refractivity contribution < 1.29 is 28.8 Å². The number of hydrogen-bond donors (Lipinski definition) is 1. The van der Waals surface area contributed by atoms with E-state index in [1.807, 2.05) is 0 Å². The standard InChI is InChI=1S/C16H22O6/c1-10(17)11(7-9-14(18)20-3)12-6-8-13(19-2)16(22-5)15(12)21-4/h6-11,17H,1-5H3/b9-7+/t10-,11+/m0/s1. The van der Waals surface area contributed by atoms with E-state index in [1.54, 1.807) is 25.1 Å². The Hall–Kier alpha value is -2.21. The maximum atomic E-state index is 11.3. The van der Waals surface area contributed by atoms with Crippen LogP contribution in [-0.2, 0) is 9.53 Å². The van der Waals surface area contributed by atoms with Gasteiger partial charge < -0.3 is 24.1 Å². The molecule has 0 fully saturated rings. The Morgan fingerprint density at radius 1 is 1.09 bits per heavy atom.